The molecule has 0 radical (unpaired) electrons. The van der Waals surface area contributed by atoms with Gasteiger partial charge in [-0.15, -0.1) is 0 Å². The van der Waals surface area contributed by atoms with Crippen LogP contribution in [0.25, 0.3) is 87.8 Å². The van der Waals surface area contributed by atoms with Gasteiger partial charge in [0.2, 0.25) is 0 Å². The Labute approximate surface area is 238 Å². The predicted octanol–water partition coefficient (Wildman–Crippen LogP) is 8.20. The molecule has 2 aliphatic heterocycles. The maximum absolute atomic E-state index is 19.4. The Kier molecular flexibility index (Phi) is 3.48. The van der Waals surface area contributed by atoms with Gasteiger partial charge in [-0.25, -0.2) is 0 Å². The smallest absolute Gasteiger partial charge is 0.425 e. The minimum atomic E-state index is -3.10. The SMILES string of the molecule is F[B-]12n3c4ccc5ccccc5c4c4cccc(c43)-c3ccnc([n+]31)-c1cccc3c4c5ccccc5ccc4n2c13. The summed E-state index contributed by atoms with van der Waals surface area (Å²) in [7, 11) is 0. The van der Waals surface area contributed by atoms with Crippen molar-refractivity contribution in [1.82, 2.24) is 13.9 Å². The summed E-state index contributed by atoms with van der Waals surface area (Å²) in [6.45, 7) is -3.10. The van der Waals surface area contributed by atoms with E-state index in [2.05, 4.69) is 109 Å². The van der Waals surface area contributed by atoms with E-state index < -0.39 is 6.83 Å². The van der Waals surface area contributed by atoms with Gasteiger partial charge < -0.3 is 17.7 Å². The number of halogens is 1. The minimum Gasteiger partial charge on any atom is -0.425 e. The molecular weight excluding hydrogens is 518 g/mol. The third kappa shape index (κ3) is 2.14. The van der Waals surface area contributed by atoms with Crippen LogP contribution in [0.5, 0.6) is 0 Å². The Morgan fingerprint density at radius 3 is 1.74 bits per heavy atom. The fourth-order valence-electron chi connectivity index (χ4n) is 8.34. The fourth-order valence-corrected chi connectivity index (χ4v) is 8.34. The molecule has 4 nitrogen and oxygen atoms in total. The second-order valence-electron chi connectivity index (χ2n) is 11.7. The number of hydrogen-bond acceptors (Lipinski definition) is 1. The number of hydrogen-bond donors (Lipinski definition) is 0. The largest absolute Gasteiger partial charge is 0.571 e. The van der Waals surface area contributed by atoms with Crippen molar-refractivity contribution >= 4 is 72.0 Å². The number of benzene rings is 6. The lowest BCUT2D eigenvalue weighted by atomic mass is 9.76. The Hall–Kier alpha value is -5.49. The normalized spacial score (nSPS) is 16.8. The Morgan fingerprint density at radius 1 is 0.548 bits per heavy atom. The zero-order chi connectivity index (χ0) is 27.3. The fraction of sp³-hybridized carbons (Fsp3) is 0. The van der Waals surface area contributed by atoms with Crippen molar-refractivity contribution in [2.24, 2.45) is 0 Å². The molecule has 0 saturated carbocycles. The number of rotatable bonds is 0. The van der Waals surface area contributed by atoms with Crippen LogP contribution >= 0.6 is 0 Å². The molecule has 6 aromatic carbocycles. The Balaban J connectivity index is 1.46. The van der Waals surface area contributed by atoms with E-state index in [9.17, 15) is 0 Å². The van der Waals surface area contributed by atoms with Crippen LogP contribution in [0, 0.1) is 0 Å². The number of fused-ring (bicyclic) bond motifs is 14. The van der Waals surface area contributed by atoms with Crippen LogP contribution in [0.3, 0.4) is 0 Å². The van der Waals surface area contributed by atoms with E-state index in [4.69, 9.17) is 4.98 Å². The standard InChI is InChI=1S/C36H20BFN4/c38-37-40-30-17-15-21-7-1-3-9-23(21)32(30)26-12-5-11-25(34(26)40)29-19-20-39-36(42(29)37)28-14-6-13-27-33-24-10-4-2-8-22(24)16-18-31(33)41(37)35(27)28/h1-20H. The van der Waals surface area contributed by atoms with Gasteiger partial charge in [0.25, 0.3) is 5.82 Å². The van der Waals surface area contributed by atoms with Gasteiger partial charge in [-0.2, -0.15) is 0 Å². The molecule has 6 heteroatoms. The highest BCUT2D eigenvalue weighted by molar-refractivity contribution is 6.68. The van der Waals surface area contributed by atoms with Crippen molar-refractivity contribution in [2.75, 3.05) is 0 Å². The highest BCUT2D eigenvalue weighted by Crippen LogP contribution is 2.48. The maximum atomic E-state index is 19.4. The molecule has 0 amide bonds. The lowest BCUT2D eigenvalue weighted by Crippen LogP contribution is -2.75. The van der Waals surface area contributed by atoms with Gasteiger partial charge >= 0.3 is 6.83 Å². The van der Waals surface area contributed by atoms with Crippen LogP contribution in [0.4, 0.5) is 4.32 Å². The number of para-hydroxylation sites is 2. The van der Waals surface area contributed by atoms with Gasteiger partial charge in [0, 0.05) is 55.2 Å². The second kappa shape index (κ2) is 6.86. The van der Waals surface area contributed by atoms with Crippen LogP contribution in [-0.2, 0) is 0 Å². The zero-order valence-corrected chi connectivity index (χ0v) is 22.3. The summed E-state index contributed by atoms with van der Waals surface area (Å²) in [6.07, 6.45) is 1.83. The van der Waals surface area contributed by atoms with Crippen LogP contribution in [-0.4, -0.2) is 20.8 Å². The monoisotopic (exact) mass is 538 g/mol. The number of aromatic nitrogens is 4. The van der Waals surface area contributed by atoms with Gasteiger partial charge in [-0.05, 0) is 45.8 Å². The number of nitrogens with zero attached hydrogens (tertiary/aromatic N) is 4. The molecule has 1 atom stereocenters. The Bertz CT molecular complexity index is 2540. The van der Waals surface area contributed by atoms with Gasteiger partial charge in [-0.3, -0.25) is 0 Å². The quantitative estimate of drug-likeness (QED) is 0.179. The molecule has 2 aliphatic rings. The highest BCUT2D eigenvalue weighted by atomic mass is 19.1. The molecule has 42 heavy (non-hydrogen) atoms. The summed E-state index contributed by atoms with van der Waals surface area (Å²) in [5, 5.41) is 8.84. The average molecular weight is 538 g/mol. The molecule has 1 unspecified atom stereocenters. The summed E-state index contributed by atoms with van der Waals surface area (Å²) >= 11 is 0. The summed E-state index contributed by atoms with van der Waals surface area (Å²) in [6, 6.07) is 39.9. The van der Waals surface area contributed by atoms with Crippen LogP contribution in [0.2, 0.25) is 0 Å². The predicted molar refractivity (Wildman–Crippen MR) is 169 cm³/mol. The first-order valence-electron chi connectivity index (χ1n) is 14.4. The summed E-state index contributed by atoms with van der Waals surface area (Å²) in [4.78, 5) is 4.88. The lowest BCUT2D eigenvalue weighted by molar-refractivity contribution is -0.542. The van der Waals surface area contributed by atoms with E-state index in [0.717, 1.165) is 82.0 Å². The molecule has 5 heterocycles. The summed E-state index contributed by atoms with van der Waals surface area (Å²) in [5.41, 5.74) is 6.41. The molecule has 0 aliphatic carbocycles. The van der Waals surface area contributed by atoms with E-state index in [0.29, 0.717) is 5.82 Å². The first-order chi connectivity index (χ1) is 20.7. The van der Waals surface area contributed by atoms with Gasteiger partial charge in [0.15, 0.2) is 0 Å². The van der Waals surface area contributed by atoms with Crippen molar-refractivity contribution in [3.8, 4) is 22.6 Å². The molecule has 11 rings (SSSR count). The van der Waals surface area contributed by atoms with E-state index in [1.165, 1.54) is 0 Å². The molecule has 0 bridgehead atoms. The zero-order valence-electron chi connectivity index (χ0n) is 22.3. The van der Waals surface area contributed by atoms with Crippen LogP contribution < -0.4 is 4.48 Å². The third-order valence-corrected chi connectivity index (χ3v) is 9.85. The maximum Gasteiger partial charge on any atom is 0.571 e. The van der Waals surface area contributed by atoms with Crippen molar-refractivity contribution in [2.45, 2.75) is 0 Å². The molecule has 9 aromatic rings. The molecule has 0 spiro atoms. The van der Waals surface area contributed by atoms with E-state index in [1.807, 2.05) is 25.7 Å². The third-order valence-electron chi connectivity index (χ3n) is 9.85. The van der Waals surface area contributed by atoms with E-state index in [-0.39, 0.29) is 0 Å². The molecule has 3 aromatic heterocycles. The van der Waals surface area contributed by atoms with Gasteiger partial charge in [0.05, 0.1) is 11.3 Å². The van der Waals surface area contributed by atoms with Crippen molar-refractivity contribution in [1.29, 1.82) is 0 Å². The second-order valence-corrected chi connectivity index (χ2v) is 11.7. The first kappa shape index (κ1) is 21.3. The minimum absolute atomic E-state index is 0.658. The molecule has 0 N–H and O–H groups in total. The topological polar surface area (TPSA) is 26.6 Å². The van der Waals surface area contributed by atoms with Crippen molar-refractivity contribution in [3.63, 3.8) is 0 Å². The summed E-state index contributed by atoms with van der Waals surface area (Å²) in [5.74, 6) is 0.658. The van der Waals surface area contributed by atoms with Gasteiger partial charge in [0.1, 0.15) is 6.20 Å². The molecule has 0 saturated heterocycles. The average Bonchev–Trinajstić information content (AvgIpc) is 3.58. The molecule has 194 valence electrons. The molecular formula is C36H20BFN4. The summed E-state index contributed by atoms with van der Waals surface area (Å²) < 4.78 is 25.2. The molecule has 0 fully saturated rings. The van der Waals surface area contributed by atoms with Crippen molar-refractivity contribution in [3.05, 3.63) is 121 Å². The van der Waals surface area contributed by atoms with Gasteiger partial charge in [-0.1, -0.05) is 89.9 Å². The highest BCUT2D eigenvalue weighted by Gasteiger charge is 2.52. The van der Waals surface area contributed by atoms with Crippen LogP contribution in [0.15, 0.2) is 121 Å². The lowest BCUT2D eigenvalue weighted by Gasteiger charge is -2.43. The first-order valence-corrected chi connectivity index (χ1v) is 14.4. The van der Waals surface area contributed by atoms with Crippen LogP contribution in [0.1, 0.15) is 0 Å². The van der Waals surface area contributed by atoms with E-state index >= 15 is 4.32 Å². The Morgan fingerprint density at radius 2 is 1.10 bits per heavy atom. The van der Waals surface area contributed by atoms with E-state index in [1.54, 1.807) is 0 Å². The van der Waals surface area contributed by atoms with Crippen molar-refractivity contribution < 1.29 is 8.79 Å².